The van der Waals surface area contributed by atoms with Crippen molar-refractivity contribution in [1.82, 2.24) is 4.90 Å². The van der Waals surface area contributed by atoms with Crippen LogP contribution in [0.4, 0.5) is 0 Å². The molecule has 0 unspecified atom stereocenters. The van der Waals surface area contributed by atoms with Gasteiger partial charge in [-0.15, -0.1) is 34.9 Å². The number of rotatable bonds is 3. The Bertz CT molecular complexity index is 1010. The molecule has 1 atom stereocenters. The van der Waals surface area contributed by atoms with E-state index in [0.717, 1.165) is 28.2 Å². The number of fused-ring (bicyclic) bond motifs is 1. The molecular weight excluding hydrogens is 495 g/mol. The molecule has 1 aliphatic heterocycles. The number of hydrogen-bond donors (Lipinski definition) is 0. The standard InChI is InChI=1S/C21H25N2O.C5H8O2.Pd/c1-14(2)18-13-23(20(24)21(3,4)5)19(22-18)17-12-8-10-15-9-6-7-11-16(15)17;1-4(6)3-5(2)7;/h6-11,14,18H,13H2,1-5H3;3,6H,1-2H3;/q-1;;+2/p-1/b;4-3-;/t18-;;/m1../s1. The molecule has 2 aromatic carbocycles. The minimum absolute atomic E-state index is 0. The molecule has 6 heteroatoms. The Labute approximate surface area is 205 Å². The molecule has 0 aromatic heterocycles. The fraction of sp³-hybridized carbons (Fsp3) is 0.423. The summed E-state index contributed by atoms with van der Waals surface area (Å²) < 4.78 is 0. The number of aliphatic imine (C=N–C) groups is 1. The minimum Gasteiger partial charge on any atom is -0.876 e. The van der Waals surface area contributed by atoms with Crippen molar-refractivity contribution in [3.8, 4) is 0 Å². The second-order valence-corrected chi connectivity index (χ2v) is 9.24. The maximum absolute atomic E-state index is 13.0. The van der Waals surface area contributed by atoms with Gasteiger partial charge in [-0.25, -0.2) is 0 Å². The average molecular weight is 527 g/mol. The first kappa shape index (κ1) is 27.7. The Morgan fingerprint density at radius 1 is 1.19 bits per heavy atom. The number of allylic oxidation sites excluding steroid dienone is 2. The SMILES string of the molecule is CC(=O)/C=C(/C)[O-].CC(C)[C@H]1CN(C(=O)C(C)(C)C)C(c2[c-]ccc3ccccc23)=N1.[Pd+2]. The van der Waals surface area contributed by atoms with Gasteiger partial charge in [-0.05, 0) is 18.9 Å². The topological polar surface area (TPSA) is 72.8 Å². The van der Waals surface area contributed by atoms with Gasteiger partial charge in [0.1, 0.15) is 0 Å². The minimum atomic E-state index is -0.433. The smallest absolute Gasteiger partial charge is 0.876 e. The summed E-state index contributed by atoms with van der Waals surface area (Å²) in [5.41, 5.74) is 0.492. The van der Waals surface area contributed by atoms with E-state index >= 15 is 0 Å². The fourth-order valence-corrected chi connectivity index (χ4v) is 3.32. The van der Waals surface area contributed by atoms with Gasteiger partial charge in [0.05, 0.1) is 11.9 Å². The molecule has 0 fully saturated rings. The van der Waals surface area contributed by atoms with Gasteiger partial charge in [0.2, 0.25) is 5.91 Å². The number of carbonyl (C=O) groups excluding carboxylic acids is 2. The second-order valence-electron chi connectivity index (χ2n) is 9.24. The van der Waals surface area contributed by atoms with Crippen molar-refractivity contribution >= 4 is 28.3 Å². The van der Waals surface area contributed by atoms with Crippen molar-refractivity contribution in [2.75, 3.05) is 6.54 Å². The number of amides is 1. The molecule has 0 aliphatic carbocycles. The summed E-state index contributed by atoms with van der Waals surface area (Å²) in [4.78, 5) is 29.7. The van der Waals surface area contributed by atoms with E-state index in [1.807, 2.05) is 49.9 Å². The summed E-state index contributed by atoms with van der Waals surface area (Å²) in [6, 6.07) is 15.6. The van der Waals surface area contributed by atoms with E-state index in [9.17, 15) is 14.7 Å². The van der Waals surface area contributed by atoms with Gasteiger partial charge in [0.25, 0.3) is 0 Å². The third-order valence-corrected chi connectivity index (χ3v) is 4.92. The second kappa shape index (κ2) is 11.5. The molecule has 1 aliphatic rings. The first-order valence-corrected chi connectivity index (χ1v) is 10.6. The molecule has 0 saturated heterocycles. The predicted molar refractivity (Wildman–Crippen MR) is 124 cm³/mol. The van der Waals surface area contributed by atoms with Gasteiger partial charge < -0.3 is 15.0 Å². The van der Waals surface area contributed by atoms with Crippen LogP contribution in [0, 0.1) is 17.4 Å². The molecule has 0 saturated carbocycles. The van der Waals surface area contributed by atoms with Crippen LogP contribution in [-0.2, 0) is 30.0 Å². The Balaban J connectivity index is 0.000000558. The van der Waals surface area contributed by atoms with E-state index in [1.165, 1.54) is 13.8 Å². The Morgan fingerprint density at radius 2 is 1.81 bits per heavy atom. The average Bonchev–Trinajstić information content (AvgIpc) is 3.11. The quantitative estimate of drug-likeness (QED) is 0.261. The van der Waals surface area contributed by atoms with Crippen molar-refractivity contribution in [2.45, 2.75) is 54.5 Å². The van der Waals surface area contributed by atoms with E-state index in [0.29, 0.717) is 12.5 Å². The van der Waals surface area contributed by atoms with E-state index < -0.39 is 5.41 Å². The van der Waals surface area contributed by atoms with Gasteiger partial charge in [-0.3, -0.25) is 9.59 Å². The Kier molecular flexibility index (Phi) is 10.0. The van der Waals surface area contributed by atoms with Gasteiger partial charge in [-0.1, -0.05) is 71.2 Å². The number of benzene rings is 2. The third kappa shape index (κ3) is 7.12. The number of hydrogen-bond acceptors (Lipinski definition) is 4. The van der Waals surface area contributed by atoms with E-state index in [1.54, 1.807) is 0 Å². The molecule has 32 heavy (non-hydrogen) atoms. The van der Waals surface area contributed by atoms with E-state index in [2.05, 4.69) is 32.0 Å². The maximum Gasteiger partial charge on any atom is 2.00 e. The van der Waals surface area contributed by atoms with Crippen LogP contribution in [0.15, 0.2) is 53.2 Å². The number of amidine groups is 1. The molecule has 3 rings (SSSR count). The number of nitrogens with zero attached hydrogens (tertiary/aromatic N) is 2. The van der Waals surface area contributed by atoms with Gasteiger partial charge >= 0.3 is 20.4 Å². The summed E-state index contributed by atoms with van der Waals surface area (Å²) in [6.07, 6.45) is 1.06. The first-order chi connectivity index (χ1) is 14.4. The normalized spacial score (nSPS) is 16.2. The van der Waals surface area contributed by atoms with Crippen molar-refractivity contribution in [3.05, 3.63) is 59.9 Å². The molecule has 0 N–H and O–H groups in total. The zero-order valence-corrected chi connectivity index (χ0v) is 21.4. The summed E-state index contributed by atoms with van der Waals surface area (Å²) in [5, 5.41) is 12.2. The molecule has 1 heterocycles. The summed E-state index contributed by atoms with van der Waals surface area (Å²) in [5.74, 6) is 0.906. The van der Waals surface area contributed by atoms with Crippen LogP contribution in [-0.4, -0.2) is 35.0 Å². The van der Waals surface area contributed by atoms with Crippen molar-refractivity contribution in [2.24, 2.45) is 16.3 Å². The Hall–Kier alpha value is -2.29. The molecule has 0 radical (unpaired) electrons. The van der Waals surface area contributed by atoms with Crippen molar-refractivity contribution in [1.29, 1.82) is 0 Å². The van der Waals surface area contributed by atoms with Crippen LogP contribution < -0.4 is 5.11 Å². The van der Waals surface area contributed by atoms with Crippen LogP contribution in [0.25, 0.3) is 10.8 Å². The van der Waals surface area contributed by atoms with Crippen LogP contribution >= 0.6 is 0 Å². The molecule has 174 valence electrons. The summed E-state index contributed by atoms with van der Waals surface area (Å²) in [6.45, 7) is 13.5. The monoisotopic (exact) mass is 526 g/mol. The van der Waals surface area contributed by atoms with Crippen molar-refractivity contribution in [3.63, 3.8) is 0 Å². The number of ketones is 1. The van der Waals surface area contributed by atoms with Crippen molar-refractivity contribution < 1.29 is 35.1 Å². The summed E-state index contributed by atoms with van der Waals surface area (Å²) in [7, 11) is 0. The number of carbonyl (C=O) groups is 2. The third-order valence-electron chi connectivity index (χ3n) is 4.92. The zero-order chi connectivity index (χ0) is 23.3. The van der Waals surface area contributed by atoms with Gasteiger partial charge in [-0.2, -0.15) is 0 Å². The largest absolute Gasteiger partial charge is 2.00 e. The van der Waals surface area contributed by atoms with Crippen LogP contribution in [0.5, 0.6) is 0 Å². The molecule has 0 spiro atoms. The molecule has 5 nitrogen and oxygen atoms in total. The van der Waals surface area contributed by atoms with E-state index in [4.69, 9.17) is 4.99 Å². The van der Waals surface area contributed by atoms with Crippen LogP contribution in [0.1, 0.15) is 54.0 Å². The fourth-order valence-electron chi connectivity index (χ4n) is 3.32. The molecule has 2 aromatic rings. The molecular formula is C26H32N2O3Pd. The zero-order valence-electron chi connectivity index (χ0n) is 19.8. The Morgan fingerprint density at radius 3 is 2.31 bits per heavy atom. The predicted octanol–water partition coefficient (Wildman–Crippen LogP) is 4.14. The van der Waals surface area contributed by atoms with Gasteiger partial charge in [0.15, 0.2) is 5.78 Å². The molecule has 0 bridgehead atoms. The maximum atomic E-state index is 13.0. The van der Waals surface area contributed by atoms with Gasteiger partial charge in [0, 0.05) is 12.0 Å². The van der Waals surface area contributed by atoms with E-state index in [-0.39, 0.29) is 43.9 Å². The van der Waals surface area contributed by atoms with Crippen LogP contribution in [0.2, 0.25) is 0 Å². The molecule has 1 amide bonds. The summed E-state index contributed by atoms with van der Waals surface area (Å²) >= 11 is 0. The van der Waals surface area contributed by atoms with Crippen LogP contribution in [0.3, 0.4) is 0 Å². The first-order valence-electron chi connectivity index (χ1n) is 10.6.